The summed E-state index contributed by atoms with van der Waals surface area (Å²) in [7, 11) is 0. The van der Waals surface area contributed by atoms with Crippen molar-refractivity contribution < 1.29 is 0 Å². The van der Waals surface area contributed by atoms with Crippen molar-refractivity contribution in [3.63, 3.8) is 0 Å². The standard InChI is InChI=1S/C51H35N5/c1-3-16-34(17-4-1)49-52-50(54-51(53-49)43-27-15-31-47-48(43)42-26-9-12-30-46(42)55(47)38-21-5-2-6-22-38)37-20-13-18-35(32-37)36-19-14-23-39(33-36)56-44-28-10-7-24-40(44)41-25-8-11-29-45(41)56/h1-33,51H,(H,52,53,54). The van der Waals surface area contributed by atoms with Crippen LogP contribution in [-0.2, 0) is 0 Å². The van der Waals surface area contributed by atoms with E-state index in [0.29, 0.717) is 5.84 Å². The highest BCUT2D eigenvalue weighted by molar-refractivity contribution is 6.15. The molecule has 0 amide bonds. The lowest BCUT2D eigenvalue weighted by molar-refractivity contribution is 0.680. The second kappa shape index (κ2) is 13.1. The Morgan fingerprint density at radius 2 is 0.893 bits per heavy atom. The van der Waals surface area contributed by atoms with Crippen molar-refractivity contribution in [2.75, 3.05) is 0 Å². The molecule has 0 fully saturated rings. The monoisotopic (exact) mass is 717 g/mol. The van der Waals surface area contributed by atoms with Crippen molar-refractivity contribution in [3.8, 4) is 22.5 Å². The van der Waals surface area contributed by atoms with Gasteiger partial charge in [0.25, 0.3) is 0 Å². The molecule has 0 saturated heterocycles. The molecule has 1 atom stereocenters. The van der Waals surface area contributed by atoms with Gasteiger partial charge in [0.15, 0.2) is 5.84 Å². The van der Waals surface area contributed by atoms with Crippen LogP contribution in [-0.4, -0.2) is 20.8 Å². The summed E-state index contributed by atoms with van der Waals surface area (Å²) in [4.78, 5) is 10.5. The third-order valence-corrected chi connectivity index (χ3v) is 11.0. The highest BCUT2D eigenvalue weighted by Gasteiger charge is 2.25. The summed E-state index contributed by atoms with van der Waals surface area (Å²) < 4.78 is 4.72. The number of hydrogen-bond donors (Lipinski definition) is 1. The summed E-state index contributed by atoms with van der Waals surface area (Å²) in [6.07, 6.45) is -0.376. The van der Waals surface area contributed by atoms with Gasteiger partial charge in [-0.3, -0.25) is 0 Å². The summed E-state index contributed by atoms with van der Waals surface area (Å²) >= 11 is 0. The molecule has 1 aliphatic rings. The van der Waals surface area contributed by atoms with Crippen LogP contribution in [0.3, 0.4) is 0 Å². The number of aliphatic imine (C=N–C) groups is 2. The van der Waals surface area contributed by atoms with Crippen LogP contribution < -0.4 is 5.32 Å². The molecule has 3 heterocycles. The summed E-state index contributed by atoms with van der Waals surface area (Å²) in [5.74, 6) is 1.49. The number of benzene rings is 8. The third kappa shape index (κ3) is 5.24. The van der Waals surface area contributed by atoms with E-state index < -0.39 is 0 Å². The SMILES string of the molecule is c1ccc(C2=NC(c3cccc4c3c3ccccc3n4-c3ccccc3)NC(c3cccc(-c4cccc(-n5c6ccccc6c6ccccc65)c4)c3)=N2)cc1. The van der Waals surface area contributed by atoms with Gasteiger partial charge in [-0.15, -0.1) is 0 Å². The lowest BCUT2D eigenvalue weighted by atomic mass is 10.0. The number of aromatic nitrogens is 2. The number of amidine groups is 2. The van der Waals surface area contributed by atoms with E-state index in [-0.39, 0.29) is 6.17 Å². The van der Waals surface area contributed by atoms with Crippen molar-refractivity contribution in [1.82, 2.24) is 14.5 Å². The first-order valence-electron chi connectivity index (χ1n) is 19.0. The Bertz CT molecular complexity index is 3120. The zero-order valence-electron chi connectivity index (χ0n) is 30.4. The van der Waals surface area contributed by atoms with Crippen LogP contribution >= 0.6 is 0 Å². The van der Waals surface area contributed by atoms with Gasteiger partial charge >= 0.3 is 0 Å². The van der Waals surface area contributed by atoms with Gasteiger partial charge in [-0.25, -0.2) is 9.98 Å². The van der Waals surface area contributed by atoms with Gasteiger partial charge < -0.3 is 14.5 Å². The molecule has 0 bridgehead atoms. The van der Waals surface area contributed by atoms with Gasteiger partial charge in [0.2, 0.25) is 0 Å². The predicted molar refractivity (Wildman–Crippen MR) is 232 cm³/mol. The van der Waals surface area contributed by atoms with Gasteiger partial charge in [0, 0.05) is 49.6 Å². The second-order valence-electron chi connectivity index (χ2n) is 14.3. The molecule has 10 aromatic rings. The molecule has 264 valence electrons. The molecule has 1 unspecified atom stereocenters. The van der Waals surface area contributed by atoms with Crippen LogP contribution in [0.1, 0.15) is 22.9 Å². The van der Waals surface area contributed by atoms with E-state index in [1.54, 1.807) is 0 Å². The summed E-state index contributed by atoms with van der Waals surface area (Å²) in [5.41, 5.74) is 12.3. The van der Waals surface area contributed by atoms with Gasteiger partial charge in [-0.05, 0) is 65.7 Å². The maximum atomic E-state index is 5.31. The first-order valence-corrected chi connectivity index (χ1v) is 19.0. The van der Waals surface area contributed by atoms with Gasteiger partial charge in [-0.1, -0.05) is 146 Å². The lowest BCUT2D eigenvalue weighted by Crippen LogP contribution is -2.33. The van der Waals surface area contributed by atoms with Crippen molar-refractivity contribution in [2.24, 2.45) is 9.98 Å². The van der Waals surface area contributed by atoms with Crippen LogP contribution in [0.15, 0.2) is 210 Å². The topological polar surface area (TPSA) is 46.6 Å². The minimum absolute atomic E-state index is 0.376. The highest BCUT2D eigenvalue weighted by atomic mass is 15.2. The van der Waals surface area contributed by atoms with E-state index in [4.69, 9.17) is 9.98 Å². The Morgan fingerprint density at radius 3 is 1.62 bits per heavy atom. The predicted octanol–water partition coefficient (Wildman–Crippen LogP) is 12.0. The smallest absolute Gasteiger partial charge is 0.159 e. The van der Waals surface area contributed by atoms with Crippen LogP contribution in [0.4, 0.5) is 0 Å². The average molecular weight is 718 g/mol. The van der Waals surface area contributed by atoms with Crippen LogP contribution in [0.25, 0.3) is 66.1 Å². The van der Waals surface area contributed by atoms with Crippen molar-refractivity contribution in [2.45, 2.75) is 6.17 Å². The number of para-hydroxylation sites is 4. The Balaban J connectivity index is 1.03. The Labute approximate surface area is 324 Å². The molecule has 0 aliphatic carbocycles. The van der Waals surface area contributed by atoms with E-state index in [1.807, 2.05) is 18.2 Å². The first kappa shape index (κ1) is 32.0. The van der Waals surface area contributed by atoms with Crippen LogP contribution in [0, 0.1) is 0 Å². The third-order valence-electron chi connectivity index (χ3n) is 11.0. The Kier molecular flexibility index (Phi) is 7.49. The zero-order valence-corrected chi connectivity index (χ0v) is 30.4. The molecule has 1 aliphatic heterocycles. The maximum absolute atomic E-state index is 5.31. The zero-order chi connectivity index (χ0) is 37.0. The van der Waals surface area contributed by atoms with Crippen LogP contribution in [0.2, 0.25) is 0 Å². The first-order chi connectivity index (χ1) is 27.8. The fraction of sp³-hybridized carbons (Fsp3) is 0.0196. The fourth-order valence-corrected chi connectivity index (χ4v) is 8.47. The van der Waals surface area contributed by atoms with E-state index >= 15 is 0 Å². The second-order valence-corrected chi connectivity index (χ2v) is 14.3. The minimum atomic E-state index is -0.376. The molecule has 5 nitrogen and oxygen atoms in total. The van der Waals surface area contributed by atoms with Gasteiger partial charge in [0.05, 0.1) is 22.1 Å². The molecule has 1 N–H and O–H groups in total. The van der Waals surface area contributed by atoms with E-state index in [2.05, 4.69) is 196 Å². The molecular weight excluding hydrogens is 683 g/mol. The van der Waals surface area contributed by atoms with Gasteiger partial charge in [0.1, 0.15) is 12.0 Å². The minimum Gasteiger partial charge on any atom is -0.344 e. The molecule has 5 heteroatoms. The molecule has 56 heavy (non-hydrogen) atoms. The van der Waals surface area contributed by atoms with Crippen molar-refractivity contribution in [3.05, 3.63) is 217 Å². The van der Waals surface area contributed by atoms with Crippen molar-refractivity contribution >= 4 is 55.3 Å². The molecular formula is C51H35N5. The molecule has 8 aromatic carbocycles. The fourth-order valence-electron chi connectivity index (χ4n) is 8.47. The number of hydrogen-bond acceptors (Lipinski definition) is 3. The van der Waals surface area contributed by atoms with E-state index in [0.717, 1.165) is 56.1 Å². The molecule has 0 saturated carbocycles. The number of fused-ring (bicyclic) bond motifs is 6. The molecule has 0 spiro atoms. The average Bonchev–Trinajstić information content (AvgIpc) is 3.80. The largest absolute Gasteiger partial charge is 0.344 e. The normalized spacial score (nSPS) is 14.2. The Morgan fingerprint density at radius 1 is 0.393 bits per heavy atom. The molecule has 2 aromatic heterocycles. The Hall–Kier alpha value is -7.50. The lowest BCUT2D eigenvalue weighted by Gasteiger charge is -2.24. The van der Waals surface area contributed by atoms with E-state index in [1.165, 1.54) is 32.6 Å². The summed E-state index contributed by atoms with van der Waals surface area (Å²) in [6, 6.07) is 70.9. The maximum Gasteiger partial charge on any atom is 0.159 e. The number of nitrogens with one attached hydrogen (secondary N) is 1. The highest BCUT2D eigenvalue weighted by Crippen LogP contribution is 2.38. The van der Waals surface area contributed by atoms with Gasteiger partial charge in [-0.2, -0.15) is 0 Å². The summed E-state index contributed by atoms with van der Waals surface area (Å²) in [5, 5.41) is 8.67. The van der Waals surface area contributed by atoms with Crippen molar-refractivity contribution in [1.29, 1.82) is 0 Å². The number of nitrogens with zero attached hydrogens (tertiary/aromatic N) is 4. The summed E-state index contributed by atoms with van der Waals surface area (Å²) in [6.45, 7) is 0. The molecule has 0 radical (unpaired) electrons. The van der Waals surface area contributed by atoms with E-state index in [9.17, 15) is 0 Å². The molecule has 11 rings (SSSR count). The number of rotatable bonds is 6. The quantitative estimate of drug-likeness (QED) is 0.183. The van der Waals surface area contributed by atoms with Crippen LogP contribution in [0.5, 0.6) is 0 Å².